The van der Waals surface area contributed by atoms with Crippen LogP contribution in [0.15, 0.2) is 164 Å². The molecule has 9 aromatic rings. The Bertz CT molecular complexity index is 2850. The first kappa shape index (κ1) is 25.0. The smallest absolute Gasteiger partial charge is 0.0726 e. The zero-order chi connectivity index (χ0) is 31.1. The van der Waals surface area contributed by atoms with Gasteiger partial charge in [0.15, 0.2) is 0 Å². The topological polar surface area (TPSA) is 4.93 Å². The molecule has 0 saturated heterocycles. The summed E-state index contributed by atoms with van der Waals surface area (Å²) in [6, 6.07) is 61.7. The summed E-state index contributed by atoms with van der Waals surface area (Å²) in [5, 5.41) is 5.30. The van der Waals surface area contributed by atoms with E-state index >= 15 is 0 Å². The number of rotatable bonds is 1. The van der Waals surface area contributed by atoms with E-state index in [0.717, 1.165) is 0 Å². The van der Waals surface area contributed by atoms with Crippen molar-refractivity contribution in [3.05, 3.63) is 186 Å². The van der Waals surface area contributed by atoms with E-state index in [1.54, 1.807) is 0 Å². The third kappa shape index (κ3) is 2.75. The molecule has 1 atom stereocenters. The molecule has 1 nitrogen and oxygen atoms in total. The van der Waals surface area contributed by atoms with E-state index in [9.17, 15) is 0 Å². The van der Waals surface area contributed by atoms with Crippen molar-refractivity contribution in [3.63, 3.8) is 0 Å². The van der Waals surface area contributed by atoms with Crippen LogP contribution < -0.4 is 0 Å². The lowest BCUT2D eigenvalue weighted by Gasteiger charge is -2.31. The number of nitrogens with zero attached hydrogens (tertiary/aromatic N) is 1. The molecule has 3 aliphatic rings. The molecule has 0 saturated carbocycles. The largest absolute Gasteiger partial charge is 0.309 e. The second-order valence-corrected chi connectivity index (χ2v) is 13.6. The van der Waals surface area contributed by atoms with Gasteiger partial charge in [-0.1, -0.05) is 133 Å². The van der Waals surface area contributed by atoms with Crippen molar-refractivity contribution in [2.75, 3.05) is 0 Å². The lowest BCUT2D eigenvalue weighted by molar-refractivity contribution is 0.793. The summed E-state index contributed by atoms with van der Waals surface area (Å²) in [4.78, 5) is 0. The fourth-order valence-electron chi connectivity index (χ4n) is 9.82. The molecular weight excluding hydrogens is 579 g/mol. The van der Waals surface area contributed by atoms with Crippen molar-refractivity contribution in [3.8, 4) is 50.2 Å². The molecule has 0 aliphatic heterocycles. The zero-order valence-corrected chi connectivity index (χ0v) is 26.0. The number of aromatic nitrogens is 1. The van der Waals surface area contributed by atoms with Crippen molar-refractivity contribution in [2.24, 2.45) is 0 Å². The number of fused-ring (bicyclic) bond motifs is 17. The first-order valence-corrected chi connectivity index (χ1v) is 16.9. The summed E-state index contributed by atoms with van der Waals surface area (Å²) in [6.45, 7) is 0. The van der Waals surface area contributed by atoms with Crippen LogP contribution in [-0.2, 0) is 5.41 Å². The maximum Gasteiger partial charge on any atom is 0.0726 e. The predicted molar refractivity (Wildman–Crippen MR) is 199 cm³/mol. The van der Waals surface area contributed by atoms with Crippen molar-refractivity contribution in [2.45, 2.75) is 5.41 Å². The summed E-state index contributed by atoms with van der Waals surface area (Å²) in [6.07, 6.45) is 0. The van der Waals surface area contributed by atoms with Crippen molar-refractivity contribution in [1.29, 1.82) is 0 Å². The van der Waals surface area contributed by atoms with E-state index in [2.05, 4.69) is 168 Å². The average molecular weight is 606 g/mol. The highest BCUT2D eigenvalue weighted by Crippen LogP contribution is 2.65. The third-order valence-corrected chi connectivity index (χ3v) is 11.5. The van der Waals surface area contributed by atoms with Crippen LogP contribution in [0.1, 0.15) is 22.3 Å². The molecule has 48 heavy (non-hydrogen) atoms. The normalized spacial score (nSPS) is 16.0. The lowest BCUT2D eigenvalue weighted by atomic mass is 9.70. The predicted octanol–water partition coefficient (Wildman–Crippen LogP) is 11.9. The van der Waals surface area contributed by atoms with Crippen LogP contribution in [0.3, 0.4) is 0 Å². The molecule has 0 bridgehead atoms. The number of para-hydroxylation sites is 2. The highest BCUT2D eigenvalue weighted by atomic mass is 15.0. The van der Waals surface area contributed by atoms with Crippen molar-refractivity contribution in [1.82, 2.24) is 4.57 Å². The Labute approximate surface area is 278 Å². The van der Waals surface area contributed by atoms with E-state index < -0.39 is 5.41 Å². The Kier molecular flexibility index (Phi) is 4.47. The fraction of sp³-hybridized carbons (Fsp3) is 0.0213. The Balaban J connectivity index is 1.25. The molecule has 12 rings (SSSR count). The van der Waals surface area contributed by atoms with Gasteiger partial charge in [-0.2, -0.15) is 0 Å². The van der Waals surface area contributed by atoms with Gasteiger partial charge < -0.3 is 4.57 Å². The molecule has 220 valence electrons. The number of hydrogen-bond acceptors (Lipinski definition) is 0. The molecule has 1 heteroatoms. The van der Waals surface area contributed by atoms with Gasteiger partial charge in [-0.15, -0.1) is 0 Å². The highest BCUT2D eigenvalue weighted by Gasteiger charge is 2.52. The Morgan fingerprint density at radius 1 is 0.333 bits per heavy atom. The van der Waals surface area contributed by atoms with E-state index in [1.165, 1.54) is 105 Å². The Morgan fingerprint density at radius 3 is 1.62 bits per heavy atom. The monoisotopic (exact) mass is 605 g/mol. The van der Waals surface area contributed by atoms with E-state index in [0.29, 0.717) is 0 Å². The van der Waals surface area contributed by atoms with E-state index in [-0.39, 0.29) is 0 Å². The summed E-state index contributed by atoms with van der Waals surface area (Å²) in [7, 11) is 0. The molecule has 1 heterocycles. The van der Waals surface area contributed by atoms with Crippen LogP contribution in [0, 0.1) is 0 Å². The van der Waals surface area contributed by atoms with Crippen LogP contribution in [0.25, 0.3) is 82.8 Å². The van der Waals surface area contributed by atoms with Crippen LogP contribution >= 0.6 is 0 Å². The standard InChI is InChI=1S/C47H27N/c1-2-13-30-29(12-1)35-18-11-19-37-45(35)38(30)27-42-46(37)36-17-4-8-21-40(36)47(42)39-20-7-3-14-31(39)32-25-24-28(26-41(32)47)48-43-22-9-5-15-33(43)34-16-6-10-23-44(34)48/h1-27H. The molecule has 0 N–H and O–H groups in total. The minimum atomic E-state index is -0.440. The summed E-state index contributed by atoms with van der Waals surface area (Å²) in [5.41, 5.74) is 19.5. The van der Waals surface area contributed by atoms with Gasteiger partial charge >= 0.3 is 0 Å². The highest BCUT2D eigenvalue weighted by molar-refractivity contribution is 6.21. The summed E-state index contributed by atoms with van der Waals surface area (Å²) in [5.74, 6) is 0. The Morgan fingerprint density at radius 2 is 0.875 bits per heavy atom. The maximum atomic E-state index is 2.56. The first-order valence-electron chi connectivity index (χ1n) is 16.9. The van der Waals surface area contributed by atoms with Crippen LogP contribution in [-0.4, -0.2) is 4.57 Å². The van der Waals surface area contributed by atoms with Crippen molar-refractivity contribution < 1.29 is 0 Å². The van der Waals surface area contributed by atoms with Crippen LogP contribution in [0.4, 0.5) is 0 Å². The zero-order valence-electron chi connectivity index (χ0n) is 26.0. The number of benzene rings is 8. The molecule has 8 aromatic carbocycles. The van der Waals surface area contributed by atoms with Gasteiger partial charge in [-0.25, -0.2) is 0 Å². The lowest BCUT2D eigenvalue weighted by Crippen LogP contribution is -2.26. The first-order chi connectivity index (χ1) is 23.8. The molecule has 0 fully saturated rings. The molecule has 1 spiro atoms. The molecule has 0 radical (unpaired) electrons. The molecule has 1 aromatic heterocycles. The third-order valence-electron chi connectivity index (χ3n) is 11.5. The molecule has 3 aliphatic carbocycles. The quantitative estimate of drug-likeness (QED) is 0.175. The van der Waals surface area contributed by atoms with Gasteiger partial charge in [0.1, 0.15) is 0 Å². The minimum absolute atomic E-state index is 0.440. The number of hydrogen-bond donors (Lipinski definition) is 0. The van der Waals surface area contributed by atoms with Gasteiger partial charge in [-0.05, 0) is 108 Å². The van der Waals surface area contributed by atoms with Gasteiger partial charge in [-0.3, -0.25) is 0 Å². The van der Waals surface area contributed by atoms with Crippen LogP contribution in [0.5, 0.6) is 0 Å². The second-order valence-electron chi connectivity index (χ2n) is 13.6. The van der Waals surface area contributed by atoms with Gasteiger partial charge in [0.05, 0.1) is 16.4 Å². The average Bonchev–Trinajstić information content (AvgIpc) is 3.85. The molecule has 1 unspecified atom stereocenters. The molecule has 0 amide bonds. The van der Waals surface area contributed by atoms with E-state index in [1.807, 2.05) is 0 Å². The van der Waals surface area contributed by atoms with Crippen molar-refractivity contribution >= 4 is 32.6 Å². The fourth-order valence-corrected chi connectivity index (χ4v) is 9.82. The maximum absolute atomic E-state index is 2.56. The van der Waals surface area contributed by atoms with Gasteiger partial charge in [0, 0.05) is 16.5 Å². The Hall–Kier alpha value is -6.18. The summed E-state index contributed by atoms with van der Waals surface area (Å²) >= 11 is 0. The SMILES string of the molecule is c1ccc2c(c1)-c1cccc3c4c(cc-2c13)C1(c2ccccc2-c2ccc(-n3c5ccccc5c5ccccc53)cc21)c1ccccc1-4. The summed E-state index contributed by atoms with van der Waals surface area (Å²) < 4.78 is 2.46. The second kappa shape index (κ2) is 8.59. The van der Waals surface area contributed by atoms with Gasteiger partial charge in [0.2, 0.25) is 0 Å². The minimum Gasteiger partial charge on any atom is -0.309 e. The van der Waals surface area contributed by atoms with E-state index in [4.69, 9.17) is 0 Å². The molecular formula is C47H27N. The van der Waals surface area contributed by atoms with Crippen LogP contribution in [0.2, 0.25) is 0 Å². The van der Waals surface area contributed by atoms with Gasteiger partial charge in [0.25, 0.3) is 0 Å².